The fraction of sp³-hybridized carbons (Fsp3) is 0.333. The smallest absolute Gasteiger partial charge is 0.416 e. The van der Waals surface area contributed by atoms with E-state index in [1.165, 1.54) is 7.11 Å². The van der Waals surface area contributed by atoms with Gasteiger partial charge in [-0.05, 0) is 49.2 Å². The monoisotopic (exact) mass is 425 g/mol. The molecule has 0 bridgehead atoms. The van der Waals surface area contributed by atoms with Crippen molar-refractivity contribution < 1.29 is 37.0 Å². The summed E-state index contributed by atoms with van der Waals surface area (Å²) in [4.78, 5) is 24.4. The van der Waals surface area contributed by atoms with E-state index in [-0.39, 0.29) is 24.7 Å². The lowest BCUT2D eigenvalue weighted by atomic mass is 10.0. The molecular formula is C21H22F3NO5. The van der Waals surface area contributed by atoms with Gasteiger partial charge < -0.3 is 19.5 Å². The molecule has 0 aliphatic heterocycles. The second-order valence-corrected chi connectivity index (χ2v) is 6.42. The lowest BCUT2D eigenvalue weighted by Crippen LogP contribution is -2.22. The van der Waals surface area contributed by atoms with Crippen molar-refractivity contribution in [3.05, 3.63) is 58.7 Å². The number of amides is 1. The summed E-state index contributed by atoms with van der Waals surface area (Å²) in [5, 5.41) is 2.30. The van der Waals surface area contributed by atoms with Crippen LogP contribution in [-0.4, -0.2) is 38.8 Å². The third-order valence-corrected chi connectivity index (χ3v) is 4.28. The highest BCUT2D eigenvalue weighted by Gasteiger charge is 2.31. The number of rotatable bonds is 8. The van der Waals surface area contributed by atoms with E-state index >= 15 is 0 Å². The van der Waals surface area contributed by atoms with Gasteiger partial charge in [0.2, 0.25) is 0 Å². The van der Waals surface area contributed by atoms with Crippen LogP contribution < -0.4 is 10.1 Å². The van der Waals surface area contributed by atoms with Crippen molar-refractivity contribution in [3.8, 4) is 5.75 Å². The van der Waals surface area contributed by atoms with Gasteiger partial charge in [0.25, 0.3) is 5.91 Å². The van der Waals surface area contributed by atoms with E-state index in [1.807, 2.05) is 13.0 Å². The van der Waals surface area contributed by atoms with Gasteiger partial charge in [-0.2, -0.15) is 13.2 Å². The number of esters is 1. The van der Waals surface area contributed by atoms with Crippen molar-refractivity contribution in [3.63, 3.8) is 0 Å². The molecule has 0 saturated carbocycles. The maximum absolute atomic E-state index is 13.0. The lowest BCUT2D eigenvalue weighted by molar-refractivity contribution is -0.137. The third kappa shape index (κ3) is 6.21. The van der Waals surface area contributed by atoms with Crippen molar-refractivity contribution in [2.75, 3.05) is 32.2 Å². The molecule has 0 aliphatic carbocycles. The molecule has 0 fully saturated rings. The number of hydrogen-bond acceptors (Lipinski definition) is 5. The number of halogens is 3. The van der Waals surface area contributed by atoms with E-state index in [1.54, 1.807) is 19.1 Å². The minimum Gasteiger partial charge on any atom is -0.489 e. The molecule has 0 heterocycles. The van der Waals surface area contributed by atoms with Gasteiger partial charge in [-0.25, -0.2) is 4.79 Å². The number of alkyl halides is 3. The van der Waals surface area contributed by atoms with Crippen LogP contribution in [-0.2, 0) is 20.4 Å². The Balaban J connectivity index is 2.10. The van der Waals surface area contributed by atoms with Crippen molar-refractivity contribution in [2.45, 2.75) is 20.0 Å². The minimum atomic E-state index is -4.60. The van der Waals surface area contributed by atoms with Crippen molar-refractivity contribution in [2.24, 2.45) is 0 Å². The Morgan fingerprint density at radius 1 is 1.07 bits per heavy atom. The summed E-state index contributed by atoms with van der Waals surface area (Å²) < 4.78 is 54.2. The van der Waals surface area contributed by atoms with Crippen LogP contribution in [0.4, 0.5) is 18.9 Å². The SMILES string of the molecule is COCCOc1ccc(C(F)(F)F)cc1NC(=O)COC(=O)c1cccc(C)c1C. The van der Waals surface area contributed by atoms with E-state index in [4.69, 9.17) is 14.2 Å². The summed E-state index contributed by atoms with van der Waals surface area (Å²) in [6.07, 6.45) is -4.60. The van der Waals surface area contributed by atoms with Gasteiger partial charge in [-0.3, -0.25) is 4.79 Å². The van der Waals surface area contributed by atoms with Crippen LogP contribution in [0, 0.1) is 13.8 Å². The molecule has 1 amide bonds. The van der Waals surface area contributed by atoms with Gasteiger partial charge in [-0.15, -0.1) is 0 Å². The molecule has 0 radical (unpaired) electrons. The number of hydrogen-bond donors (Lipinski definition) is 1. The predicted molar refractivity (Wildman–Crippen MR) is 104 cm³/mol. The second-order valence-electron chi connectivity index (χ2n) is 6.42. The average molecular weight is 425 g/mol. The fourth-order valence-corrected chi connectivity index (χ4v) is 2.53. The first-order chi connectivity index (χ1) is 14.1. The van der Waals surface area contributed by atoms with E-state index in [9.17, 15) is 22.8 Å². The van der Waals surface area contributed by atoms with Gasteiger partial charge in [-0.1, -0.05) is 12.1 Å². The molecule has 0 aromatic heterocycles. The van der Waals surface area contributed by atoms with Crippen LogP contribution in [0.1, 0.15) is 27.0 Å². The number of nitrogens with one attached hydrogen (secondary N) is 1. The topological polar surface area (TPSA) is 73.9 Å². The van der Waals surface area contributed by atoms with Gasteiger partial charge in [0, 0.05) is 7.11 Å². The molecule has 0 aliphatic rings. The van der Waals surface area contributed by atoms with Gasteiger partial charge in [0.1, 0.15) is 12.4 Å². The summed E-state index contributed by atoms with van der Waals surface area (Å²) >= 11 is 0. The summed E-state index contributed by atoms with van der Waals surface area (Å²) in [5.41, 5.74) is 0.772. The molecule has 0 unspecified atom stereocenters. The van der Waals surface area contributed by atoms with Crippen molar-refractivity contribution >= 4 is 17.6 Å². The Kier molecular flexibility index (Phi) is 7.82. The Labute approximate surface area is 171 Å². The number of methoxy groups -OCH3 is 1. The zero-order valence-electron chi connectivity index (χ0n) is 16.8. The first kappa shape index (κ1) is 23.2. The number of ether oxygens (including phenoxy) is 3. The maximum Gasteiger partial charge on any atom is 0.416 e. The molecule has 162 valence electrons. The first-order valence-corrected chi connectivity index (χ1v) is 8.99. The zero-order chi connectivity index (χ0) is 22.3. The largest absolute Gasteiger partial charge is 0.489 e. The molecular weight excluding hydrogens is 403 g/mol. The second kappa shape index (κ2) is 10.1. The highest BCUT2D eigenvalue weighted by Crippen LogP contribution is 2.35. The van der Waals surface area contributed by atoms with E-state index < -0.39 is 30.2 Å². The molecule has 9 heteroatoms. The summed E-state index contributed by atoms with van der Waals surface area (Å²) in [6.45, 7) is 3.20. The van der Waals surface area contributed by atoms with Crippen molar-refractivity contribution in [1.82, 2.24) is 0 Å². The van der Waals surface area contributed by atoms with Crippen LogP contribution in [0.3, 0.4) is 0 Å². The number of carbonyl (C=O) groups is 2. The molecule has 6 nitrogen and oxygen atoms in total. The van der Waals surface area contributed by atoms with E-state index in [0.29, 0.717) is 5.56 Å². The van der Waals surface area contributed by atoms with E-state index in [0.717, 1.165) is 29.3 Å². The molecule has 30 heavy (non-hydrogen) atoms. The van der Waals surface area contributed by atoms with Gasteiger partial charge >= 0.3 is 12.1 Å². The fourth-order valence-electron chi connectivity index (χ4n) is 2.53. The molecule has 2 aromatic rings. The highest BCUT2D eigenvalue weighted by molar-refractivity contribution is 5.97. The van der Waals surface area contributed by atoms with Gasteiger partial charge in [0.05, 0.1) is 23.4 Å². The summed E-state index contributed by atoms with van der Waals surface area (Å²) in [5.74, 6) is -1.47. The number of aryl methyl sites for hydroxylation is 1. The number of carbonyl (C=O) groups excluding carboxylic acids is 2. The Morgan fingerprint density at radius 2 is 1.80 bits per heavy atom. The Bertz CT molecular complexity index is 912. The van der Waals surface area contributed by atoms with Crippen LogP contribution in [0.15, 0.2) is 36.4 Å². The first-order valence-electron chi connectivity index (χ1n) is 8.99. The molecule has 0 spiro atoms. The zero-order valence-corrected chi connectivity index (χ0v) is 16.8. The van der Waals surface area contributed by atoms with Crippen molar-refractivity contribution in [1.29, 1.82) is 0 Å². The predicted octanol–water partition coefficient (Wildman–Crippen LogP) is 4.14. The standard InChI is InChI=1S/C21H22F3NO5/c1-13-5-4-6-16(14(13)2)20(27)30-12-19(26)25-17-11-15(21(22,23)24)7-8-18(17)29-10-9-28-3/h4-8,11H,9-10,12H2,1-3H3,(H,25,26). The third-order valence-electron chi connectivity index (χ3n) is 4.28. The maximum atomic E-state index is 13.0. The summed E-state index contributed by atoms with van der Waals surface area (Å²) in [7, 11) is 1.45. The molecule has 1 N–H and O–H groups in total. The van der Waals surface area contributed by atoms with E-state index in [2.05, 4.69) is 5.32 Å². The van der Waals surface area contributed by atoms with Crippen LogP contribution in [0.25, 0.3) is 0 Å². The Hall–Kier alpha value is -3.07. The number of anilines is 1. The quantitative estimate of drug-likeness (QED) is 0.508. The highest BCUT2D eigenvalue weighted by atomic mass is 19.4. The summed E-state index contributed by atoms with van der Waals surface area (Å²) in [6, 6.07) is 7.79. The van der Waals surface area contributed by atoms with Crippen LogP contribution in [0.2, 0.25) is 0 Å². The Morgan fingerprint density at radius 3 is 2.47 bits per heavy atom. The number of benzene rings is 2. The molecule has 2 aromatic carbocycles. The van der Waals surface area contributed by atoms with Gasteiger partial charge in [0.15, 0.2) is 6.61 Å². The molecule has 0 atom stereocenters. The molecule has 2 rings (SSSR count). The lowest BCUT2D eigenvalue weighted by Gasteiger charge is -2.15. The van der Waals surface area contributed by atoms with Crippen LogP contribution >= 0.6 is 0 Å². The minimum absolute atomic E-state index is 0.0363. The normalized spacial score (nSPS) is 11.1. The van der Waals surface area contributed by atoms with Crippen LogP contribution in [0.5, 0.6) is 5.75 Å². The average Bonchev–Trinajstić information content (AvgIpc) is 2.68. The molecule has 0 saturated heterocycles.